The highest BCUT2D eigenvalue weighted by atomic mass is 35.5. The zero-order chi connectivity index (χ0) is 10.9. The van der Waals surface area contributed by atoms with Gasteiger partial charge in [0.1, 0.15) is 5.15 Å². The van der Waals surface area contributed by atoms with Crippen molar-refractivity contribution in [2.24, 2.45) is 0 Å². The highest BCUT2D eigenvalue weighted by Gasteiger charge is 2.18. The third-order valence-electron chi connectivity index (χ3n) is 2.66. The largest absolute Gasteiger partial charge is 0.251 e. The molecule has 80 valence electrons. The molecule has 1 heterocycles. The molecule has 1 atom stereocenters. The molecule has 0 fully saturated rings. The van der Waals surface area contributed by atoms with Gasteiger partial charge in [0.2, 0.25) is 0 Å². The second-order valence-corrected chi connectivity index (χ2v) is 4.50. The number of aromatic nitrogens is 2. The molecule has 0 bridgehead atoms. The summed E-state index contributed by atoms with van der Waals surface area (Å²) in [6.45, 7) is 10.6. The van der Waals surface area contributed by atoms with Crippen LogP contribution in [0, 0.1) is 6.92 Å². The van der Waals surface area contributed by atoms with Gasteiger partial charge in [-0.15, -0.1) is 0 Å². The fraction of sp³-hybridized carbons (Fsp3) is 0.727. The van der Waals surface area contributed by atoms with Crippen molar-refractivity contribution in [2.75, 3.05) is 0 Å². The summed E-state index contributed by atoms with van der Waals surface area (Å²) in [5.74, 6) is 0.445. The maximum absolute atomic E-state index is 6.30. The Morgan fingerprint density at radius 2 is 1.93 bits per heavy atom. The number of hydrogen-bond donors (Lipinski definition) is 0. The molecule has 14 heavy (non-hydrogen) atoms. The van der Waals surface area contributed by atoms with Crippen molar-refractivity contribution < 1.29 is 0 Å². The number of aryl methyl sites for hydroxylation is 1. The van der Waals surface area contributed by atoms with Gasteiger partial charge >= 0.3 is 0 Å². The molecule has 0 N–H and O–H groups in total. The molecule has 0 saturated heterocycles. The average Bonchev–Trinajstić information content (AvgIpc) is 2.40. The zero-order valence-corrected chi connectivity index (χ0v) is 10.4. The highest BCUT2D eigenvalue weighted by molar-refractivity contribution is 6.30. The molecule has 1 aromatic heterocycles. The number of nitrogens with zero attached hydrogens (tertiary/aromatic N) is 2. The van der Waals surface area contributed by atoms with E-state index in [1.165, 1.54) is 5.56 Å². The van der Waals surface area contributed by atoms with Crippen LogP contribution < -0.4 is 0 Å². The van der Waals surface area contributed by atoms with Gasteiger partial charge < -0.3 is 0 Å². The summed E-state index contributed by atoms with van der Waals surface area (Å²) in [4.78, 5) is 0. The van der Waals surface area contributed by atoms with Gasteiger partial charge in [0.05, 0.1) is 11.7 Å². The number of halogens is 1. The van der Waals surface area contributed by atoms with Gasteiger partial charge in [-0.05, 0) is 26.2 Å². The van der Waals surface area contributed by atoms with Crippen LogP contribution >= 0.6 is 11.6 Å². The maximum Gasteiger partial charge on any atom is 0.131 e. The molecule has 0 aliphatic rings. The molecular formula is C11H19ClN2. The molecule has 0 aromatic carbocycles. The fourth-order valence-corrected chi connectivity index (χ4v) is 2.21. The lowest BCUT2D eigenvalue weighted by Crippen LogP contribution is -2.05. The first kappa shape index (κ1) is 11.6. The minimum Gasteiger partial charge on any atom is -0.251 e. The van der Waals surface area contributed by atoms with Crippen LogP contribution in [0.25, 0.3) is 0 Å². The maximum atomic E-state index is 6.30. The van der Waals surface area contributed by atoms with Crippen LogP contribution in [0.15, 0.2) is 0 Å². The standard InChI is InChI=1S/C11H19ClN2/c1-6-8(4)14-11(12)10(7(2)3)9(5)13-14/h7-8H,6H2,1-5H3. The molecule has 0 radical (unpaired) electrons. The van der Waals surface area contributed by atoms with E-state index >= 15 is 0 Å². The van der Waals surface area contributed by atoms with Crippen molar-refractivity contribution in [3.63, 3.8) is 0 Å². The summed E-state index contributed by atoms with van der Waals surface area (Å²) >= 11 is 6.30. The Morgan fingerprint density at radius 1 is 1.36 bits per heavy atom. The van der Waals surface area contributed by atoms with Crippen molar-refractivity contribution in [3.8, 4) is 0 Å². The summed E-state index contributed by atoms with van der Waals surface area (Å²) in [5.41, 5.74) is 2.25. The first-order valence-corrected chi connectivity index (χ1v) is 5.61. The molecule has 1 aromatic rings. The van der Waals surface area contributed by atoms with Crippen molar-refractivity contribution in [2.45, 2.75) is 53.0 Å². The Balaban J connectivity index is 3.16. The van der Waals surface area contributed by atoms with Gasteiger partial charge in [0, 0.05) is 5.56 Å². The Kier molecular flexibility index (Phi) is 3.59. The van der Waals surface area contributed by atoms with Crippen LogP contribution in [0.1, 0.15) is 57.3 Å². The van der Waals surface area contributed by atoms with Gasteiger partial charge in [-0.3, -0.25) is 4.68 Å². The Bertz CT molecular complexity index is 315. The molecule has 1 unspecified atom stereocenters. The minimum absolute atomic E-state index is 0.383. The van der Waals surface area contributed by atoms with Crippen LogP contribution in [0.4, 0.5) is 0 Å². The van der Waals surface area contributed by atoms with E-state index in [4.69, 9.17) is 11.6 Å². The summed E-state index contributed by atoms with van der Waals surface area (Å²) < 4.78 is 1.94. The lowest BCUT2D eigenvalue weighted by molar-refractivity contribution is 0.476. The SMILES string of the molecule is CCC(C)n1nc(C)c(C(C)C)c1Cl. The summed E-state index contributed by atoms with van der Waals surface area (Å²) in [5, 5.41) is 5.30. The second kappa shape index (κ2) is 4.35. The van der Waals surface area contributed by atoms with E-state index in [9.17, 15) is 0 Å². The summed E-state index contributed by atoms with van der Waals surface area (Å²) in [6, 6.07) is 0.383. The van der Waals surface area contributed by atoms with E-state index in [0.29, 0.717) is 12.0 Å². The number of rotatable bonds is 3. The van der Waals surface area contributed by atoms with Crippen molar-refractivity contribution >= 4 is 11.6 Å². The Morgan fingerprint density at radius 3 is 2.29 bits per heavy atom. The van der Waals surface area contributed by atoms with Crippen LogP contribution in [-0.2, 0) is 0 Å². The normalized spacial score (nSPS) is 13.6. The quantitative estimate of drug-likeness (QED) is 0.746. The fourth-order valence-electron chi connectivity index (χ4n) is 1.65. The summed E-state index contributed by atoms with van der Waals surface area (Å²) in [6.07, 6.45) is 1.05. The van der Waals surface area contributed by atoms with Crippen molar-refractivity contribution in [1.82, 2.24) is 9.78 Å². The minimum atomic E-state index is 0.383. The molecule has 0 aliphatic heterocycles. The van der Waals surface area contributed by atoms with Crippen LogP contribution in [-0.4, -0.2) is 9.78 Å². The van der Waals surface area contributed by atoms with Gasteiger partial charge in [-0.2, -0.15) is 5.10 Å². The van der Waals surface area contributed by atoms with E-state index in [2.05, 4.69) is 32.8 Å². The predicted molar refractivity (Wildman–Crippen MR) is 61.1 cm³/mol. The highest BCUT2D eigenvalue weighted by Crippen LogP contribution is 2.29. The first-order valence-electron chi connectivity index (χ1n) is 5.23. The number of hydrogen-bond acceptors (Lipinski definition) is 1. The molecule has 0 aliphatic carbocycles. The summed E-state index contributed by atoms with van der Waals surface area (Å²) in [7, 11) is 0. The van der Waals surface area contributed by atoms with Gasteiger partial charge in [0.15, 0.2) is 0 Å². The van der Waals surface area contributed by atoms with Crippen LogP contribution in [0.3, 0.4) is 0 Å². The van der Waals surface area contributed by atoms with Crippen molar-refractivity contribution in [1.29, 1.82) is 0 Å². The van der Waals surface area contributed by atoms with E-state index in [1.807, 2.05) is 11.6 Å². The molecule has 0 saturated carbocycles. The van der Waals surface area contributed by atoms with Gasteiger partial charge in [0.25, 0.3) is 0 Å². The van der Waals surface area contributed by atoms with E-state index in [0.717, 1.165) is 17.3 Å². The van der Waals surface area contributed by atoms with E-state index in [-0.39, 0.29) is 0 Å². The molecule has 1 rings (SSSR count). The van der Waals surface area contributed by atoms with Crippen LogP contribution in [0.5, 0.6) is 0 Å². The van der Waals surface area contributed by atoms with E-state index in [1.54, 1.807) is 0 Å². The molecule has 3 heteroatoms. The first-order chi connectivity index (χ1) is 6.49. The molecule has 0 amide bonds. The van der Waals surface area contributed by atoms with E-state index < -0.39 is 0 Å². The lowest BCUT2D eigenvalue weighted by Gasteiger charge is -2.11. The third-order valence-corrected chi connectivity index (χ3v) is 3.03. The lowest BCUT2D eigenvalue weighted by atomic mass is 10.1. The van der Waals surface area contributed by atoms with Crippen LogP contribution in [0.2, 0.25) is 5.15 Å². The molecular weight excluding hydrogens is 196 g/mol. The van der Waals surface area contributed by atoms with Crippen molar-refractivity contribution in [3.05, 3.63) is 16.4 Å². The predicted octanol–water partition coefficient (Wildman–Crippen LogP) is 3.94. The third kappa shape index (κ3) is 1.95. The monoisotopic (exact) mass is 214 g/mol. The van der Waals surface area contributed by atoms with Gasteiger partial charge in [-0.1, -0.05) is 32.4 Å². The molecule has 0 spiro atoms. The smallest absolute Gasteiger partial charge is 0.131 e. The average molecular weight is 215 g/mol. The Hall–Kier alpha value is -0.500. The second-order valence-electron chi connectivity index (χ2n) is 4.15. The van der Waals surface area contributed by atoms with Gasteiger partial charge in [-0.25, -0.2) is 0 Å². The molecule has 2 nitrogen and oxygen atoms in total. The topological polar surface area (TPSA) is 17.8 Å². The Labute approximate surface area is 91.3 Å². The zero-order valence-electron chi connectivity index (χ0n) is 9.63.